The van der Waals surface area contributed by atoms with Crippen LogP contribution in [0.15, 0.2) is 22.7 Å². The highest BCUT2D eigenvalue weighted by Gasteiger charge is 2.27. The van der Waals surface area contributed by atoms with Crippen LogP contribution in [0.5, 0.6) is 0 Å². The fraction of sp³-hybridized carbons (Fsp3) is 0.500. The Kier molecular flexibility index (Phi) is 4.96. The van der Waals surface area contributed by atoms with Crippen molar-refractivity contribution in [2.24, 2.45) is 0 Å². The van der Waals surface area contributed by atoms with Crippen LogP contribution in [0.25, 0.3) is 0 Å². The second-order valence-corrected chi connectivity index (χ2v) is 6.85. The predicted octanol–water partition coefficient (Wildman–Crippen LogP) is 4.41. The lowest BCUT2D eigenvalue weighted by Gasteiger charge is -2.22. The van der Waals surface area contributed by atoms with E-state index < -0.39 is 0 Å². The van der Waals surface area contributed by atoms with E-state index in [0.29, 0.717) is 11.6 Å². The lowest BCUT2D eigenvalue weighted by atomic mass is 10.2. The minimum absolute atomic E-state index is 0.555. The van der Waals surface area contributed by atoms with Gasteiger partial charge < -0.3 is 5.32 Å². The van der Waals surface area contributed by atoms with E-state index in [0.717, 1.165) is 15.4 Å². The average Bonchev–Trinajstić information content (AvgIpc) is 2.80. The Hall–Kier alpha value is -0.660. The molecule has 0 radical (unpaired) electrons. The maximum Gasteiger partial charge on any atom is 0.0992 e. The molecule has 0 heterocycles. The van der Waals surface area contributed by atoms with Crippen LogP contribution in [0.1, 0.15) is 31.7 Å². The molecular formula is C14H17BrN2S. The fourth-order valence-corrected chi connectivity index (χ4v) is 4.10. The first kappa shape index (κ1) is 13.8. The SMILES string of the molecule is CCSC1CCCC1Nc1ccc(C#N)cc1Br. The molecule has 2 nitrogen and oxygen atoms in total. The molecule has 1 fully saturated rings. The van der Waals surface area contributed by atoms with Crippen LogP contribution in [0.3, 0.4) is 0 Å². The molecule has 18 heavy (non-hydrogen) atoms. The maximum atomic E-state index is 8.85. The van der Waals surface area contributed by atoms with Crippen LogP contribution in [0.4, 0.5) is 5.69 Å². The first-order chi connectivity index (χ1) is 8.74. The van der Waals surface area contributed by atoms with E-state index >= 15 is 0 Å². The summed E-state index contributed by atoms with van der Waals surface area (Å²) in [5, 5.41) is 13.2. The normalized spacial score (nSPS) is 22.7. The molecule has 2 rings (SSSR count). The van der Waals surface area contributed by atoms with Crippen molar-refractivity contribution in [3.63, 3.8) is 0 Å². The molecule has 0 aromatic heterocycles. The predicted molar refractivity (Wildman–Crippen MR) is 82.0 cm³/mol. The highest BCUT2D eigenvalue weighted by atomic mass is 79.9. The summed E-state index contributed by atoms with van der Waals surface area (Å²) in [6.45, 7) is 2.22. The van der Waals surface area contributed by atoms with Gasteiger partial charge in [0.15, 0.2) is 0 Å². The highest BCUT2D eigenvalue weighted by molar-refractivity contribution is 9.10. The van der Waals surface area contributed by atoms with Crippen molar-refractivity contribution >= 4 is 33.4 Å². The van der Waals surface area contributed by atoms with Gasteiger partial charge in [-0.1, -0.05) is 13.3 Å². The molecule has 1 aromatic carbocycles. The van der Waals surface area contributed by atoms with Gasteiger partial charge in [0.25, 0.3) is 0 Å². The number of nitrogens with one attached hydrogen (secondary N) is 1. The van der Waals surface area contributed by atoms with E-state index in [1.165, 1.54) is 25.0 Å². The first-order valence-corrected chi connectivity index (χ1v) is 8.16. The molecule has 1 aliphatic carbocycles. The highest BCUT2D eigenvalue weighted by Crippen LogP contribution is 2.34. The molecule has 2 atom stereocenters. The lowest BCUT2D eigenvalue weighted by molar-refractivity contribution is 0.767. The smallest absolute Gasteiger partial charge is 0.0992 e. The molecule has 4 heteroatoms. The van der Waals surface area contributed by atoms with Crippen molar-refractivity contribution in [2.75, 3.05) is 11.1 Å². The van der Waals surface area contributed by atoms with Crippen molar-refractivity contribution in [3.8, 4) is 6.07 Å². The van der Waals surface area contributed by atoms with Crippen molar-refractivity contribution in [2.45, 2.75) is 37.5 Å². The monoisotopic (exact) mass is 324 g/mol. The fourth-order valence-electron chi connectivity index (χ4n) is 2.41. The third kappa shape index (κ3) is 3.21. The number of nitriles is 1. The van der Waals surface area contributed by atoms with Crippen LogP contribution < -0.4 is 5.32 Å². The third-order valence-electron chi connectivity index (χ3n) is 3.27. The second-order valence-electron chi connectivity index (χ2n) is 4.48. The second kappa shape index (κ2) is 6.49. The topological polar surface area (TPSA) is 35.8 Å². The molecule has 0 bridgehead atoms. The molecular weight excluding hydrogens is 308 g/mol. The van der Waals surface area contributed by atoms with Crippen LogP contribution in [-0.2, 0) is 0 Å². The van der Waals surface area contributed by atoms with E-state index in [2.05, 4.69) is 34.2 Å². The number of nitrogens with zero attached hydrogens (tertiary/aromatic N) is 1. The van der Waals surface area contributed by atoms with Crippen molar-refractivity contribution in [1.82, 2.24) is 0 Å². The van der Waals surface area contributed by atoms with Crippen LogP contribution in [-0.4, -0.2) is 17.0 Å². The quantitative estimate of drug-likeness (QED) is 0.891. The van der Waals surface area contributed by atoms with E-state index in [4.69, 9.17) is 5.26 Å². The summed E-state index contributed by atoms with van der Waals surface area (Å²) in [6, 6.07) is 8.44. The summed E-state index contributed by atoms with van der Waals surface area (Å²) in [6.07, 6.45) is 3.86. The Bertz CT molecular complexity index is 456. The first-order valence-electron chi connectivity index (χ1n) is 6.32. The van der Waals surface area contributed by atoms with Crippen LogP contribution >= 0.6 is 27.7 Å². The molecule has 0 saturated heterocycles. The summed E-state index contributed by atoms with van der Waals surface area (Å²) in [7, 11) is 0. The number of hydrogen-bond acceptors (Lipinski definition) is 3. The Morgan fingerprint density at radius 1 is 1.50 bits per heavy atom. The van der Waals surface area contributed by atoms with Gasteiger partial charge in [-0.25, -0.2) is 0 Å². The Morgan fingerprint density at radius 2 is 2.33 bits per heavy atom. The zero-order valence-electron chi connectivity index (χ0n) is 10.4. The number of anilines is 1. The number of benzene rings is 1. The van der Waals surface area contributed by atoms with Gasteiger partial charge in [0.2, 0.25) is 0 Å². The number of halogens is 1. The van der Waals surface area contributed by atoms with Crippen LogP contribution in [0, 0.1) is 11.3 Å². The summed E-state index contributed by atoms with van der Waals surface area (Å²) in [5.74, 6) is 1.18. The van der Waals surface area contributed by atoms with Crippen LogP contribution in [0.2, 0.25) is 0 Å². The summed E-state index contributed by atoms with van der Waals surface area (Å²) < 4.78 is 0.980. The maximum absolute atomic E-state index is 8.85. The third-order valence-corrected chi connectivity index (χ3v) is 5.25. The standard InChI is InChI=1S/C14H17BrN2S/c1-2-18-14-5-3-4-13(14)17-12-7-6-10(9-16)8-11(12)15/h6-8,13-14,17H,2-5H2,1H3. The number of thioether (sulfide) groups is 1. The Morgan fingerprint density at radius 3 is 3.00 bits per heavy atom. The molecule has 0 aliphatic heterocycles. The van der Waals surface area contributed by atoms with Gasteiger partial charge in [0, 0.05) is 21.5 Å². The molecule has 2 unspecified atom stereocenters. The lowest BCUT2D eigenvalue weighted by Crippen LogP contribution is -2.26. The van der Waals surface area contributed by atoms with Gasteiger partial charge in [-0.05, 0) is 52.7 Å². The molecule has 1 aromatic rings. The van der Waals surface area contributed by atoms with Gasteiger partial charge in [-0.3, -0.25) is 0 Å². The number of rotatable bonds is 4. The summed E-state index contributed by atoms with van der Waals surface area (Å²) >= 11 is 5.58. The van der Waals surface area contributed by atoms with Crippen molar-refractivity contribution in [1.29, 1.82) is 5.26 Å². The Balaban J connectivity index is 2.07. The van der Waals surface area contributed by atoms with E-state index in [-0.39, 0.29) is 0 Å². The summed E-state index contributed by atoms with van der Waals surface area (Å²) in [4.78, 5) is 0. The molecule has 1 N–H and O–H groups in total. The molecule has 96 valence electrons. The van der Waals surface area contributed by atoms with Gasteiger partial charge in [0.05, 0.1) is 11.6 Å². The Labute approximate surface area is 121 Å². The minimum atomic E-state index is 0.555. The summed E-state index contributed by atoms with van der Waals surface area (Å²) in [5.41, 5.74) is 1.79. The van der Waals surface area contributed by atoms with Gasteiger partial charge in [0.1, 0.15) is 0 Å². The molecule has 1 aliphatic rings. The van der Waals surface area contributed by atoms with E-state index in [1.807, 2.05) is 30.0 Å². The van der Waals surface area contributed by atoms with Crippen molar-refractivity contribution in [3.05, 3.63) is 28.2 Å². The minimum Gasteiger partial charge on any atom is -0.380 e. The largest absolute Gasteiger partial charge is 0.380 e. The van der Waals surface area contributed by atoms with Crippen molar-refractivity contribution < 1.29 is 0 Å². The van der Waals surface area contributed by atoms with E-state index in [9.17, 15) is 0 Å². The average molecular weight is 325 g/mol. The van der Waals surface area contributed by atoms with Gasteiger partial charge >= 0.3 is 0 Å². The van der Waals surface area contributed by atoms with Gasteiger partial charge in [-0.15, -0.1) is 0 Å². The number of hydrogen-bond donors (Lipinski definition) is 1. The zero-order chi connectivity index (χ0) is 13.0. The molecule has 1 saturated carbocycles. The zero-order valence-corrected chi connectivity index (χ0v) is 12.9. The van der Waals surface area contributed by atoms with E-state index in [1.54, 1.807) is 0 Å². The molecule has 0 amide bonds. The molecule has 0 spiro atoms. The van der Waals surface area contributed by atoms with Gasteiger partial charge in [-0.2, -0.15) is 17.0 Å².